The highest BCUT2D eigenvalue weighted by Gasteiger charge is 1.96. The Hall–Kier alpha value is -1.08. The van der Waals surface area contributed by atoms with E-state index in [1.54, 1.807) is 11.3 Å². The Morgan fingerprint density at radius 3 is 2.62 bits per heavy atom. The van der Waals surface area contributed by atoms with Crippen LogP contribution in [0.15, 0.2) is 46.8 Å². The average molecular weight is 415 g/mol. The molecule has 1 aromatic heterocycles. The molecule has 0 amide bonds. The third-order valence-electron chi connectivity index (χ3n) is 3.06. The second kappa shape index (κ2) is 9.78. The van der Waals surface area contributed by atoms with Gasteiger partial charge in [-0.1, -0.05) is 35.9 Å². The average Bonchev–Trinajstić information content (AvgIpc) is 2.94. The van der Waals surface area contributed by atoms with Crippen molar-refractivity contribution in [2.24, 2.45) is 10.7 Å². The van der Waals surface area contributed by atoms with Crippen molar-refractivity contribution in [2.45, 2.75) is 19.8 Å². The molecule has 5 heteroatoms. The minimum atomic E-state index is 0. The molecule has 2 rings (SSSR count). The van der Waals surface area contributed by atoms with Crippen LogP contribution in [0.3, 0.4) is 0 Å². The molecule has 0 unspecified atom stereocenters. The summed E-state index contributed by atoms with van der Waals surface area (Å²) in [5.41, 5.74) is 8.45. The molecule has 0 fully saturated rings. The van der Waals surface area contributed by atoms with E-state index in [2.05, 4.69) is 59.0 Å². The number of guanidine groups is 1. The van der Waals surface area contributed by atoms with Crippen molar-refractivity contribution in [3.63, 3.8) is 0 Å². The lowest BCUT2D eigenvalue weighted by atomic mass is 10.1. The zero-order chi connectivity index (χ0) is 14.2. The number of hydrogen-bond donors (Lipinski definition) is 2. The maximum atomic E-state index is 5.84. The first-order valence-electron chi connectivity index (χ1n) is 6.86. The fourth-order valence-corrected chi connectivity index (χ4v) is 2.59. The lowest BCUT2D eigenvalue weighted by Gasteiger charge is -2.06. The van der Waals surface area contributed by atoms with Crippen LogP contribution >= 0.6 is 35.3 Å². The number of rotatable bonds is 6. The molecule has 21 heavy (non-hydrogen) atoms. The third-order valence-corrected chi connectivity index (χ3v) is 4.00. The number of nitrogens with two attached hydrogens (primary N) is 1. The Morgan fingerprint density at radius 2 is 1.95 bits per heavy atom. The van der Waals surface area contributed by atoms with E-state index in [0.29, 0.717) is 5.96 Å². The predicted molar refractivity (Wildman–Crippen MR) is 103 cm³/mol. The maximum Gasteiger partial charge on any atom is 0.188 e. The van der Waals surface area contributed by atoms with Gasteiger partial charge in [0.2, 0.25) is 0 Å². The fraction of sp³-hybridized carbons (Fsp3) is 0.312. The number of nitrogens with one attached hydrogen (secondary N) is 1. The molecular formula is C16H22IN3S. The molecule has 0 radical (unpaired) electrons. The van der Waals surface area contributed by atoms with Crippen LogP contribution in [-0.2, 0) is 12.8 Å². The van der Waals surface area contributed by atoms with Crippen molar-refractivity contribution in [3.05, 3.63) is 57.8 Å². The SMILES string of the molecule is Cc1ccc(CCNC(N)=NCCc2cccs2)cc1.I. The minimum absolute atomic E-state index is 0. The molecule has 3 nitrogen and oxygen atoms in total. The molecule has 0 atom stereocenters. The van der Waals surface area contributed by atoms with Gasteiger partial charge in [0.1, 0.15) is 0 Å². The quantitative estimate of drug-likeness (QED) is 0.432. The van der Waals surface area contributed by atoms with Gasteiger partial charge < -0.3 is 11.1 Å². The van der Waals surface area contributed by atoms with E-state index in [0.717, 1.165) is 25.9 Å². The first kappa shape index (κ1) is 18.0. The van der Waals surface area contributed by atoms with Crippen LogP contribution in [0.25, 0.3) is 0 Å². The Kier molecular flexibility index (Phi) is 8.37. The first-order valence-corrected chi connectivity index (χ1v) is 7.74. The summed E-state index contributed by atoms with van der Waals surface area (Å²) < 4.78 is 0. The molecule has 0 aliphatic rings. The zero-order valence-electron chi connectivity index (χ0n) is 12.2. The minimum Gasteiger partial charge on any atom is -0.370 e. The topological polar surface area (TPSA) is 50.4 Å². The van der Waals surface area contributed by atoms with Crippen molar-refractivity contribution < 1.29 is 0 Å². The number of benzene rings is 1. The normalized spacial score (nSPS) is 11.0. The van der Waals surface area contributed by atoms with E-state index >= 15 is 0 Å². The van der Waals surface area contributed by atoms with Crippen molar-refractivity contribution in [2.75, 3.05) is 13.1 Å². The summed E-state index contributed by atoms with van der Waals surface area (Å²) >= 11 is 1.76. The highest BCUT2D eigenvalue weighted by Crippen LogP contribution is 2.08. The molecule has 2 aromatic rings. The second-order valence-electron chi connectivity index (χ2n) is 4.76. The highest BCUT2D eigenvalue weighted by molar-refractivity contribution is 14.0. The predicted octanol–water partition coefficient (Wildman–Crippen LogP) is 3.36. The molecule has 1 aromatic carbocycles. The summed E-state index contributed by atoms with van der Waals surface area (Å²) in [7, 11) is 0. The molecule has 0 saturated heterocycles. The number of nitrogens with zero attached hydrogens (tertiary/aromatic N) is 1. The van der Waals surface area contributed by atoms with Gasteiger partial charge in [-0.15, -0.1) is 35.3 Å². The van der Waals surface area contributed by atoms with Crippen LogP contribution in [0.1, 0.15) is 16.0 Å². The Morgan fingerprint density at radius 1 is 1.19 bits per heavy atom. The van der Waals surface area contributed by atoms with Gasteiger partial charge in [-0.05, 0) is 30.4 Å². The van der Waals surface area contributed by atoms with E-state index < -0.39 is 0 Å². The van der Waals surface area contributed by atoms with Crippen molar-refractivity contribution in [3.8, 4) is 0 Å². The van der Waals surface area contributed by atoms with Gasteiger partial charge in [0, 0.05) is 24.4 Å². The van der Waals surface area contributed by atoms with Crippen LogP contribution in [-0.4, -0.2) is 19.0 Å². The summed E-state index contributed by atoms with van der Waals surface area (Å²) in [5, 5.41) is 5.24. The van der Waals surface area contributed by atoms with Gasteiger partial charge >= 0.3 is 0 Å². The van der Waals surface area contributed by atoms with Gasteiger partial charge in [0.25, 0.3) is 0 Å². The van der Waals surface area contributed by atoms with E-state index in [4.69, 9.17) is 5.73 Å². The zero-order valence-corrected chi connectivity index (χ0v) is 15.4. The van der Waals surface area contributed by atoms with Gasteiger partial charge in [-0.25, -0.2) is 0 Å². The van der Waals surface area contributed by atoms with Crippen molar-refractivity contribution in [1.82, 2.24) is 5.32 Å². The van der Waals surface area contributed by atoms with E-state index in [-0.39, 0.29) is 24.0 Å². The number of aryl methyl sites for hydroxylation is 1. The molecule has 0 bridgehead atoms. The number of aliphatic imine (C=N–C) groups is 1. The van der Waals surface area contributed by atoms with E-state index in [9.17, 15) is 0 Å². The summed E-state index contributed by atoms with van der Waals surface area (Å²) in [6, 6.07) is 12.8. The fourth-order valence-electron chi connectivity index (χ4n) is 1.89. The molecular weight excluding hydrogens is 393 g/mol. The number of hydrogen-bond acceptors (Lipinski definition) is 2. The van der Waals surface area contributed by atoms with Gasteiger partial charge in [-0.3, -0.25) is 4.99 Å². The van der Waals surface area contributed by atoms with Crippen LogP contribution in [0.4, 0.5) is 0 Å². The smallest absolute Gasteiger partial charge is 0.188 e. The summed E-state index contributed by atoms with van der Waals surface area (Å²) in [5.74, 6) is 0.536. The van der Waals surface area contributed by atoms with E-state index in [1.807, 2.05) is 0 Å². The Labute approximate surface area is 147 Å². The molecule has 3 N–H and O–H groups in total. The molecule has 0 spiro atoms. The lowest BCUT2D eigenvalue weighted by Crippen LogP contribution is -2.33. The largest absolute Gasteiger partial charge is 0.370 e. The summed E-state index contributed by atoms with van der Waals surface area (Å²) in [6.45, 7) is 3.65. The van der Waals surface area contributed by atoms with Crippen LogP contribution in [0.2, 0.25) is 0 Å². The molecule has 114 valence electrons. The van der Waals surface area contributed by atoms with E-state index in [1.165, 1.54) is 16.0 Å². The Bertz CT molecular complexity index is 535. The van der Waals surface area contributed by atoms with Gasteiger partial charge in [0.15, 0.2) is 5.96 Å². The standard InChI is InChI=1S/C16H21N3S.HI/c1-13-4-6-14(7-5-13)8-10-18-16(17)19-11-9-15-3-2-12-20-15;/h2-7,12H,8-11H2,1H3,(H3,17,18,19);1H. The highest BCUT2D eigenvalue weighted by atomic mass is 127. The molecule has 0 aliphatic carbocycles. The summed E-state index contributed by atoms with van der Waals surface area (Å²) in [6.07, 6.45) is 1.92. The molecule has 1 heterocycles. The summed E-state index contributed by atoms with van der Waals surface area (Å²) in [4.78, 5) is 5.68. The Balaban J connectivity index is 0.00000220. The maximum absolute atomic E-state index is 5.84. The number of thiophene rings is 1. The van der Waals surface area contributed by atoms with Gasteiger partial charge in [0.05, 0.1) is 0 Å². The van der Waals surface area contributed by atoms with Crippen LogP contribution in [0.5, 0.6) is 0 Å². The van der Waals surface area contributed by atoms with Crippen molar-refractivity contribution >= 4 is 41.3 Å². The van der Waals surface area contributed by atoms with Crippen LogP contribution < -0.4 is 11.1 Å². The molecule has 0 saturated carbocycles. The first-order chi connectivity index (χ1) is 9.74. The second-order valence-corrected chi connectivity index (χ2v) is 5.79. The molecule has 0 aliphatic heterocycles. The third kappa shape index (κ3) is 6.95. The lowest BCUT2D eigenvalue weighted by molar-refractivity contribution is 0.845. The van der Waals surface area contributed by atoms with Crippen LogP contribution in [0, 0.1) is 6.92 Å². The van der Waals surface area contributed by atoms with Crippen molar-refractivity contribution in [1.29, 1.82) is 0 Å². The monoisotopic (exact) mass is 415 g/mol. The van der Waals surface area contributed by atoms with Gasteiger partial charge in [-0.2, -0.15) is 0 Å². The number of halogens is 1.